The predicted molar refractivity (Wildman–Crippen MR) is 99.5 cm³/mol. The molecule has 3 rings (SSSR count). The van der Waals surface area contributed by atoms with Crippen LogP contribution in [0.2, 0.25) is 5.02 Å². The van der Waals surface area contributed by atoms with Gasteiger partial charge in [0, 0.05) is 37.3 Å². The first kappa shape index (κ1) is 18.0. The number of hydrogen-bond acceptors (Lipinski definition) is 3. The molecule has 0 radical (unpaired) electrons. The summed E-state index contributed by atoms with van der Waals surface area (Å²) in [6.07, 6.45) is 3.86. The summed E-state index contributed by atoms with van der Waals surface area (Å²) in [5.74, 6) is 0.452. The normalized spacial score (nSPS) is 21.5. The van der Waals surface area contributed by atoms with Gasteiger partial charge in [0.2, 0.25) is 5.91 Å². The van der Waals surface area contributed by atoms with Gasteiger partial charge in [0.25, 0.3) is 0 Å². The quantitative estimate of drug-likeness (QED) is 0.862. The molecule has 5 nitrogen and oxygen atoms in total. The van der Waals surface area contributed by atoms with E-state index in [9.17, 15) is 4.79 Å². The van der Waals surface area contributed by atoms with E-state index in [1.165, 1.54) is 0 Å². The van der Waals surface area contributed by atoms with Crippen LogP contribution in [0.1, 0.15) is 36.9 Å². The molecule has 1 aliphatic heterocycles. The van der Waals surface area contributed by atoms with Crippen molar-refractivity contribution in [2.45, 2.75) is 25.8 Å². The van der Waals surface area contributed by atoms with Gasteiger partial charge in [-0.2, -0.15) is 5.10 Å². The Labute approximate surface area is 153 Å². The lowest BCUT2D eigenvalue weighted by Gasteiger charge is -2.26. The van der Waals surface area contributed by atoms with Gasteiger partial charge in [-0.3, -0.25) is 9.48 Å². The Balaban J connectivity index is 1.75. The second-order valence-corrected chi connectivity index (χ2v) is 7.54. The predicted octanol–water partition coefficient (Wildman–Crippen LogP) is 2.89. The van der Waals surface area contributed by atoms with Crippen LogP contribution in [0.25, 0.3) is 0 Å². The molecule has 6 heteroatoms. The van der Waals surface area contributed by atoms with E-state index in [0.717, 1.165) is 17.7 Å². The van der Waals surface area contributed by atoms with E-state index in [1.54, 1.807) is 4.68 Å². The number of nitrogens with zero attached hydrogens (tertiary/aromatic N) is 2. The summed E-state index contributed by atoms with van der Waals surface area (Å²) in [6.45, 7) is 5.73. The van der Waals surface area contributed by atoms with E-state index in [-0.39, 0.29) is 29.7 Å². The Morgan fingerprint density at radius 3 is 2.64 bits per heavy atom. The number of hydrogen-bond donors (Lipinski definition) is 2. The molecular weight excluding hydrogens is 336 g/mol. The number of rotatable bonds is 5. The first-order chi connectivity index (χ1) is 12.0. The van der Waals surface area contributed by atoms with Gasteiger partial charge in [0.05, 0.1) is 18.2 Å². The maximum atomic E-state index is 13.0. The first-order valence-electron chi connectivity index (χ1n) is 8.71. The summed E-state index contributed by atoms with van der Waals surface area (Å²) in [5, 5.41) is 11.5. The Bertz CT molecular complexity index is 725. The smallest absolute Gasteiger partial charge is 0.225 e. The van der Waals surface area contributed by atoms with Crippen LogP contribution >= 0.6 is 11.6 Å². The molecule has 0 spiro atoms. The summed E-state index contributed by atoms with van der Waals surface area (Å²) < 4.78 is 1.78. The third-order valence-corrected chi connectivity index (χ3v) is 5.15. The molecule has 1 aliphatic rings. The highest BCUT2D eigenvalue weighted by Crippen LogP contribution is 2.30. The molecule has 25 heavy (non-hydrogen) atoms. The average Bonchev–Trinajstić information content (AvgIpc) is 3.21. The van der Waals surface area contributed by atoms with Crippen LogP contribution in [0.5, 0.6) is 0 Å². The molecule has 1 fully saturated rings. The van der Waals surface area contributed by atoms with Gasteiger partial charge in [-0.1, -0.05) is 37.6 Å². The van der Waals surface area contributed by atoms with Crippen LogP contribution < -0.4 is 10.6 Å². The zero-order valence-corrected chi connectivity index (χ0v) is 15.6. The van der Waals surface area contributed by atoms with Crippen LogP contribution in [0.4, 0.5) is 0 Å². The number of aromatic nitrogens is 2. The van der Waals surface area contributed by atoms with Gasteiger partial charge >= 0.3 is 0 Å². The number of carbonyl (C=O) groups is 1. The van der Waals surface area contributed by atoms with Crippen LogP contribution in [0.3, 0.4) is 0 Å². The van der Waals surface area contributed by atoms with Crippen molar-refractivity contribution in [1.29, 1.82) is 0 Å². The highest BCUT2D eigenvalue weighted by molar-refractivity contribution is 6.30. The molecular formula is C19H25ClN4O. The van der Waals surface area contributed by atoms with Crippen molar-refractivity contribution in [3.8, 4) is 0 Å². The van der Waals surface area contributed by atoms with E-state index >= 15 is 0 Å². The molecule has 1 amide bonds. The largest absolute Gasteiger partial charge is 0.349 e. The number of benzene rings is 1. The lowest BCUT2D eigenvalue weighted by Crippen LogP contribution is -2.38. The van der Waals surface area contributed by atoms with Crippen molar-refractivity contribution in [3.05, 3.63) is 52.8 Å². The van der Waals surface area contributed by atoms with E-state index in [1.807, 2.05) is 43.7 Å². The highest BCUT2D eigenvalue weighted by atomic mass is 35.5. The summed E-state index contributed by atoms with van der Waals surface area (Å²) >= 11 is 5.99. The number of aryl methyl sites for hydroxylation is 1. The van der Waals surface area contributed by atoms with Crippen LogP contribution in [-0.4, -0.2) is 28.8 Å². The van der Waals surface area contributed by atoms with Gasteiger partial charge in [0.1, 0.15) is 0 Å². The fourth-order valence-electron chi connectivity index (χ4n) is 3.50. The topological polar surface area (TPSA) is 59.0 Å². The Hall–Kier alpha value is -1.85. The first-order valence-corrected chi connectivity index (χ1v) is 9.08. The maximum Gasteiger partial charge on any atom is 0.225 e. The molecule has 2 heterocycles. The molecule has 1 saturated heterocycles. The van der Waals surface area contributed by atoms with E-state index < -0.39 is 0 Å². The molecule has 0 aliphatic carbocycles. The number of amides is 1. The van der Waals surface area contributed by atoms with Gasteiger partial charge in [0.15, 0.2) is 0 Å². The molecule has 3 atom stereocenters. The summed E-state index contributed by atoms with van der Waals surface area (Å²) in [5.41, 5.74) is 2.19. The van der Waals surface area contributed by atoms with Crippen LogP contribution in [0, 0.1) is 11.8 Å². The zero-order valence-electron chi connectivity index (χ0n) is 14.9. The van der Waals surface area contributed by atoms with Gasteiger partial charge < -0.3 is 10.6 Å². The van der Waals surface area contributed by atoms with Crippen molar-refractivity contribution in [1.82, 2.24) is 20.4 Å². The minimum absolute atomic E-state index is 0.0279. The van der Waals surface area contributed by atoms with Gasteiger partial charge in [-0.25, -0.2) is 0 Å². The third kappa shape index (κ3) is 4.05. The fraction of sp³-hybridized carbons (Fsp3) is 0.474. The van der Waals surface area contributed by atoms with Crippen LogP contribution in [0.15, 0.2) is 36.7 Å². The standard InChI is InChI=1S/C19H25ClN4O/c1-12(2)18(13-4-6-15(20)7-5-13)23-19(25)17-10-21-9-16(17)14-8-22-24(3)11-14/h4-8,11-12,16-18,21H,9-10H2,1-3H3,(H,23,25)/t16-,17+,18?/m1/s1. The van der Waals surface area contributed by atoms with Crippen molar-refractivity contribution < 1.29 is 4.79 Å². The minimum atomic E-state index is -0.0854. The van der Waals surface area contributed by atoms with E-state index in [2.05, 4.69) is 29.6 Å². The third-order valence-electron chi connectivity index (χ3n) is 4.90. The highest BCUT2D eigenvalue weighted by Gasteiger charge is 2.36. The summed E-state index contributed by atoms with van der Waals surface area (Å²) in [4.78, 5) is 13.0. The molecule has 1 aromatic heterocycles. The summed E-state index contributed by atoms with van der Waals surface area (Å²) in [7, 11) is 1.90. The van der Waals surface area contributed by atoms with E-state index in [4.69, 9.17) is 11.6 Å². The Morgan fingerprint density at radius 1 is 1.32 bits per heavy atom. The molecule has 0 bridgehead atoms. The van der Waals surface area contributed by atoms with Crippen molar-refractivity contribution >= 4 is 17.5 Å². The van der Waals surface area contributed by atoms with Gasteiger partial charge in [-0.05, 0) is 29.2 Å². The number of nitrogens with one attached hydrogen (secondary N) is 2. The SMILES string of the molecule is CC(C)C(NC(=O)[C@H]1CNC[C@@H]1c1cnn(C)c1)c1ccc(Cl)cc1. The van der Waals surface area contributed by atoms with E-state index in [0.29, 0.717) is 11.6 Å². The average molecular weight is 361 g/mol. The lowest BCUT2D eigenvalue weighted by atomic mass is 9.89. The molecule has 0 saturated carbocycles. The molecule has 2 N–H and O–H groups in total. The second kappa shape index (κ2) is 7.58. The fourth-order valence-corrected chi connectivity index (χ4v) is 3.63. The number of halogens is 1. The minimum Gasteiger partial charge on any atom is -0.349 e. The summed E-state index contributed by atoms with van der Waals surface area (Å²) in [6, 6.07) is 7.68. The number of carbonyl (C=O) groups excluding carboxylic acids is 1. The van der Waals surface area contributed by atoms with Crippen LogP contribution in [-0.2, 0) is 11.8 Å². The molecule has 1 unspecified atom stereocenters. The molecule has 134 valence electrons. The lowest BCUT2D eigenvalue weighted by molar-refractivity contribution is -0.125. The zero-order chi connectivity index (χ0) is 18.0. The monoisotopic (exact) mass is 360 g/mol. The second-order valence-electron chi connectivity index (χ2n) is 7.10. The molecule has 1 aromatic carbocycles. The van der Waals surface area contributed by atoms with Gasteiger partial charge in [-0.15, -0.1) is 0 Å². The van der Waals surface area contributed by atoms with Crippen molar-refractivity contribution in [3.63, 3.8) is 0 Å². The van der Waals surface area contributed by atoms with Crippen molar-refractivity contribution in [2.75, 3.05) is 13.1 Å². The van der Waals surface area contributed by atoms with Crippen molar-refractivity contribution in [2.24, 2.45) is 18.9 Å². The molecule has 2 aromatic rings. The Kier molecular flexibility index (Phi) is 5.45. The maximum absolute atomic E-state index is 13.0. The Morgan fingerprint density at radius 2 is 2.04 bits per heavy atom.